The number of alkyl halides is 1. The number of hydrogen-bond donors (Lipinski definition) is 0. The molecule has 0 saturated carbocycles. The SMILES string of the molecule is CCC(C)CC(CBr)Cc1cccc(OC)c1. The van der Waals surface area contributed by atoms with E-state index in [2.05, 4.69) is 48.0 Å². The molecule has 0 aliphatic carbocycles. The monoisotopic (exact) mass is 298 g/mol. The van der Waals surface area contributed by atoms with Crippen LogP contribution in [0.3, 0.4) is 0 Å². The molecule has 0 saturated heterocycles. The lowest BCUT2D eigenvalue weighted by molar-refractivity contribution is 0.404. The Labute approximate surface area is 114 Å². The number of halogens is 1. The first-order chi connectivity index (χ1) is 8.19. The van der Waals surface area contributed by atoms with E-state index in [1.807, 2.05) is 6.07 Å². The summed E-state index contributed by atoms with van der Waals surface area (Å²) in [6.45, 7) is 4.60. The fraction of sp³-hybridized carbons (Fsp3) is 0.600. The van der Waals surface area contributed by atoms with Gasteiger partial charge in [0.25, 0.3) is 0 Å². The summed E-state index contributed by atoms with van der Waals surface area (Å²) < 4.78 is 5.26. The molecule has 2 unspecified atom stereocenters. The third kappa shape index (κ3) is 5.12. The highest BCUT2D eigenvalue weighted by atomic mass is 79.9. The van der Waals surface area contributed by atoms with Crippen molar-refractivity contribution in [1.82, 2.24) is 0 Å². The van der Waals surface area contributed by atoms with E-state index in [0.717, 1.165) is 29.3 Å². The topological polar surface area (TPSA) is 9.23 Å². The molecule has 0 N–H and O–H groups in total. The van der Waals surface area contributed by atoms with Crippen LogP contribution in [-0.4, -0.2) is 12.4 Å². The van der Waals surface area contributed by atoms with E-state index in [1.54, 1.807) is 7.11 Å². The molecular weight excluding hydrogens is 276 g/mol. The lowest BCUT2D eigenvalue weighted by Crippen LogP contribution is -2.10. The van der Waals surface area contributed by atoms with E-state index in [4.69, 9.17) is 4.74 Å². The molecule has 0 radical (unpaired) electrons. The summed E-state index contributed by atoms with van der Waals surface area (Å²) in [4.78, 5) is 0. The summed E-state index contributed by atoms with van der Waals surface area (Å²) in [6.07, 6.45) is 3.69. The molecule has 0 amide bonds. The maximum Gasteiger partial charge on any atom is 0.119 e. The molecule has 0 spiro atoms. The Morgan fingerprint density at radius 1 is 1.35 bits per heavy atom. The number of methoxy groups -OCH3 is 1. The van der Waals surface area contributed by atoms with E-state index in [9.17, 15) is 0 Å². The van der Waals surface area contributed by atoms with E-state index in [-0.39, 0.29) is 0 Å². The van der Waals surface area contributed by atoms with Crippen molar-refractivity contribution in [3.8, 4) is 5.75 Å². The van der Waals surface area contributed by atoms with E-state index < -0.39 is 0 Å². The summed E-state index contributed by atoms with van der Waals surface area (Å²) in [5.74, 6) is 2.49. The number of hydrogen-bond acceptors (Lipinski definition) is 1. The molecule has 1 rings (SSSR count). The van der Waals surface area contributed by atoms with Crippen molar-refractivity contribution in [1.29, 1.82) is 0 Å². The van der Waals surface area contributed by atoms with Gasteiger partial charge >= 0.3 is 0 Å². The maximum atomic E-state index is 5.26. The van der Waals surface area contributed by atoms with Crippen molar-refractivity contribution in [2.75, 3.05) is 12.4 Å². The number of ether oxygens (including phenoxy) is 1. The van der Waals surface area contributed by atoms with Crippen molar-refractivity contribution >= 4 is 15.9 Å². The minimum atomic E-state index is 0.719. The van der Waals surface area contributed by atoms with Gasteiger partial charge in [-0.25, -0.2) is 0 Å². The van der Waals surface area contributed by atoms with Crippen molar-refractivity contribution in [3.63, 3.8) is 0 Å². The van der Waals surface area contributed by atoms with E-state index in [1.165, 1.54) is 18.4 Å². The Bertz CT molecular complexity index is 324. The Kier molecular flexibility index (Phi) is 6.64. The van der Waals surface area contributed by atoms with Crippen molar-refractivity contribution in [3.05, 3.63) is 29.8 Å². The molecule has 0 heterocycles. The zero-order valence-corrected chi connectivity index (χ0v) is 12.7. The van der Waals surface area contributed by atoms with Gasteiger partial charge in [-0.1, -0.05) is 48.3 Å². The van der Waals surface area contributed by atoms with Crippen LogP contribution in [0.2, 0.25) is 0 Å². The highest BCUT2D eigenvalue weighted by Gasteiger charge is 2.12. The zero-order valence-electron chi connectivity index (χ0n) is 11.1. The highest BCUT2D eigenvalue weighted by Crippen LogP contribution is 2.23. The van der Waals surface area contributed by atoms with Crippen LogP contribution in [-0.2, 0) is 6.42 Å². The lowest BCUT2D eigenvalue weighted by atomic mass is 9.90. The van der Waals surface area contributed by atoms with E-state index >= 15 is 0 Å². The molecule has 0 fully saturated rings. The first-order valence-electron chi connectivity index (χ1n) is 6.38. The van der Waals surface area contributed by atoms with Gasteiger partial charge in [-0.15, -0.1) is 0 Å². The Morgan fingerprint density at radius 3 is 2.71 bits per heavy atom. The van der Waals surface area contributed by atoms with Gasteiger partial charge in [0.05, 0.1) is 7.11 Å². The molecule has 96 valence electrons. The summed E-state index contributed by atoms with van der Waals surface area (Å²) in [6, 6.07) is 8.41. The predicted molar refractivity (Wildman–Crippen MR) is 78.1 cm³/mol. The molecule has 2 atom stereocenters. The van der Waals surface area contributed by atoms with E-state index in [0.29, 0.717) is 0 Å². The first kappa shape index (κ1) is 14.6. The molecule has 1 aromatic rings. The maximum absolute atomic E-state index is 5.26. The predicted octanol–water partition coefficient (Wildman–Crippen LogP) is 4.69. The minimum Gasteiger partial charge on any atom is -0.497 e. The molecule has 2 heteroatoms. The second-order valence-corrected chi connectivity index (χ2v) is 5.47. The number of rotatable bonds is 7. The van der Waals surface area contributed by atoms with Crippen molar-refractivity contribution in [2.45, 2.75) is 33.1 Å². The molecule has 1 aromatic carbocycles. The van der Waals surface area contributed by atoms with Crippen LogP contribution < -0.4 is 4.74 Å². The zero-order chi connectivity index (χ0) is 12.7. The molecule has 0 aromatic heterocycles. The van der Waals surface area contributed by atoms with Gasteiger partial charge in [0, 0.05) is 5.33 Å². The average molecular weight is 299 g/mol. The van der Waals surface area contributed by atoms with Crippen molar-refractivity contribution in [2.24, 2.45) is 11.8 Å². The summed E-state index contributed by atoms with van der Waals surface area (Å²) in [7, 11) is 1.72. The third-order valence-electron chi connectivity index (χ3n) is 3.31. The smallest absolute Gasteiger partial charge is 0.119 e. The van der Waals surface area contributed by atoms with Crippen LogP contribution in [0.15, 0.2) is 24.3 Å². The fourth-order valence-corrected chi connectivity index (χ4v) is 2.56. The molecule has 17 heavy (non-hydrogen) atoms. The highest BCUT2D eigenvalue weighted by molar-refractivity contribution is 9.09. The van der Waals surface area contributed by atoms with Gasteiger partial charge in [0.2, 0.25) is 0 Å². The molecular formula is C15H23BrO. The number of benzene rings is 1. The van der Waals surface area contributed by atoms with Gasteiger partial charge in [0.15, 0.2) is 0 Å². The van der Waals surface area contributed by atoms with Crippen LogP contribution in [0.25, 0.3) is 0 Å². The molecule has 1 nitrogen and oxygen atoms in total. The quantitative estimate of drug-likeness (QED) is 0.664. The Balaban J connectivity index is 2.60. The molecule has 0 bridgehead atoms. The van der Waals surface area contributed by atoms with Gasteiger partial charge in [-0.05, 0) is 42.4 Å². The Morgan fingerprint density at radius 2 is 2.12 bits per heavy atom. The lowest BCUT2D eigenvalue weighted by Gasteiger charge is -2.18. The van der Waals surface area contributed by atoms with Gasteiger partial charge in [-0.3, -0.25) is 0 Å². The third-order valence-corrected chi connectivity index (χ3v) is 4.23. The van der Waals surface area contributed by atoms with Gasteiger partial charge in [0.1, 0.15) is 5.75 Å². The fourth-order valence-electron chi connectivity index (χ4n) is 2.07. The molecule has 0 aliphatic rings. The standard InChI is InChI=1S/C15H23BrO/c1-4-12(2)8-14(11-16)9-13-6-5-7-15(10-13)17-3/h5-7,10,12,14H,4,8-9,11H2,1-3H3. The normalized spacial score (nSPS) is 14.4. The van der Waals surface area contributed by atoms with Crippen LogP contribution in [0, 0.1) is 11.8 Å². The second-order valence-electron chi connectivity index (χ2n) is 4.83. The summed E-state index contributed by atoms with van der Waals surface area (Å²) in [5, 5.41) is 1.08. The van der Waals surface area contributed by atoms with Crippen LogP contribution in [0.5, 0.6) is 5.75 Å². The average Bonchev–Trinajstić information content (AvgIpc) is 2.37. The summed E-state index contributed by atoms with van der Waals surface area (Å²) >= 11 is 3.64. The van der Waals surface area contributed by atoms with Crippen LogP contribution in [0.1, 0.15) is 32.3 Å². The Hall–Kier alpha value is -0.500. The minimum absolute atomic E-state index is 0.719. The first-order valence-corrected chi connectivity index (χ1v) is 7.50. The second kappa shape index (κ2) is 7.75. The van der Waals surface area contributed by atoms with Gasteiger partial charge in [-0.2, -0.15) is 0 Å². The largest absolute Gasteiger partial charge is 0.497 e. The molecule has 0 aliphatic heterocycles. The van der Waals surface area contributed by atoms with Gasteiger partial charge < -0.3 is 4.74 Å². The summed E-state index contributed by atoms with van der Waals surface area (Å²) in [5.41, 5.74) is 1.37. The van der Waals surface area contributed by atoms with Crippen molar-refractivity contribution < 1.29 is 4.74 Å². The van der Waals surface area contributed by atoms with Crippen LogP contribution in [0.4, 0.5) is 0 Å². The van der Waals surface area contributed by atoms with Crippen LogP contribution >= 0.6 is 15.9 Å².